The van der Waals surface area contributed by atoms with Gasteiger partial charge in [0.15, 0.2) is 0 Å². The standard InChI is InChI=1S/C12H16F2N2O2/c1-2-16-10(7-11(15)17)8-3-5-9(6-4-8)18-12(13)14/h3-6,10,12,16H,2,7H2,1H3,(H2,15,17). The number of carbonyl (C=O) groups excluding carboxylic acids is 1. The van der Waals surface area contributed by atoms with Crippen LogP contribution in [0.1, 0.15) is 24.9 Å². The van der Waals surface area contributed by atoms with Gasteiger partial charge in [-0.2, -0.15) is 8.78 Å². The fraction of sp³-hybridized carbons (Fsp3) is 0.417. The van der Waals surface area contributed by atoms with Crippen molar-refractivity contribution in [2.24, 2.45) is 5.73 Å². The van der Waals surface area contributed by atoms with Crippen molar-refractivity contribution in [3.05, 3.63) is 29.8 Å². The average molecular weight is 258 g/mol. The van der Waals surface area contributed by atoms with Gasteiger partial charge in [0.1, 0.15) is 5.75 Å². The summed E-state index contributed by atoms with van der Waals surface area (Å²) in [6.07, 6.45) is 0.156. The number of benzene rings is 1. The van der Waals surface area contributed by atoms with Crippen LogP contribution in [0, 0.1) is 0 Å². The highest BCUT2D eigenvalue weighted by Gasteiger charge is 2.13. The summed E-state index contributed by atoms with van der Waals surface area (Å²) in [4.78, 5) is 10.9. The maximum atomic E-state index is 12.0. The molecule has 0 fully saturated rings. The molecule has 0 radical (unpaired) electrons. The Morgan fingerprint density at radius 2 is 2.00 bits per heavy atom. The van der Waals surface area contributed by atoms with Crippen molar-refractivity contribution in [3.63, 3.8) is 0 Å². The van der Waals surface area contributed by atoms with Crippen LogP contribution >= 0.6 is 0 Å². The first-order valence-corrected chi connectivity index (χ1v) is 5.59. The van der Waals surface area contributed by atoms with Gasteiger partial charge in [0.05, 0.1) is 0 Å². The van der Waals surface area contributed by atoms with Crippen LogP contribution in [0.2, 0.25) is 0 Å². The largest absolute Gasteiger partial charge is 0.435 e. The number of primary amides is 1. The molecule has 0 spiro atoms. The number of nitrogens with two attached hydrogens (primary N) is 1. The van der Waals surface area contributed by atoms with Gasteiger partial charge in [0.2, 0.25) is 5.91 Å². The van der Waals surface area contributed by atoms with Crippen LogP contribution in [0.15, 0.2) is 24.3 Å². The van der Waals surface area contributed by atoms with Gasteiger partial charge in [-0.05, 0) is 24.2 Å². The van der Waals surface area contributed by atoms with Crippen molar-refractivity contribution in [3.8, 4) is 5.75 Å². The number of carbonyl (C=O) groups is 1. The summed E-state index contributed by atoms with van der Waals surface area (Å²) in [5, 5.41) is 3.10. The molecule has 1 atom stereocenters. The lowest BCUT2D eigenvalue weighted by Crippen LogP contribution is -2.26. The molecule has 1 aromatic carbocycles. The minimum absolute atomic E-state index is 0.0862. The van der Waals surface area contributed by atoms with Crippen LogP contribution in [-0.2, 0) is 4.79 Å². The van der Waals surface area contributed by atoms with E-state index in [0.717, 1.165) is 5.56 Å². The summed E-state index contributed by atoms with van der Waals surface area (Å²) in [5.41, 5.74) is 5.96. The summed E-state index contributed by atoms with van der Waals surface area (Å²) < 4.78 is 28.2. The molecular formula is C12H16F2N2O2. The fourth-order valence-corrected chi connectivity index (χ4v) is 1.64. The van der Waals surface area contributed by atoms with E-state index in [0.29, 0.717) is 6.54 Å². The number of ether oxygens (including phenoxy) is 1. The van der Waals surface area contributed by atoms with E-state index < -0.39 is 12.5 Å². The monoisotopic (exact) mass is 258 g/mol. The van der Waals surface area contributed by atoms with Crippen molar-refractivity contribution in [2.75, 3.05) is 6.54 Å². The summed E-state index contributed by atoms with van der Waals surface area (Å²) in [6.45, 7) is -0.263. The first-order valence-electron chi connectivity index (χ1n) is 5.59. The van der Waals surface area contributed by atoms with Gasteiger partial charge < -0.3 is 15.8 Å². The highest BCUT2D eigenvalue weighted by Crippen LogP contribution is 2.21. The number of amides is 1. The number of hydrogen-bond acceptors (Lipinski definition) is 3. The van der Waals surface area contributed by atoms with Crippen molar-refractivity contribution in [1.82, 2.24) is 5.32 Å². The van der Waals surface area contributed by atoms with Crippen molar-refractivity contribution < 1.29 is 18.3 Å². The van der Waals surface area contributed by atoms with Crippen molar-refractivity contribution in [1.29, 1.82) is 0 Å². The number of nitrogens with one attached hydrogen (secondary N) is 1. The number of alkyl halides is 2. The molecule has 18 heavy (non-hydrogen) atoms. The van der Waals surface area contributed by atoms with Gasteiger partial charge in [-0.15, -0.1) is 0 Å². The van der Waals surface area contributed by atoms with E-state index in [1.165, 1.54) is 12.1 Å². The molecule has 1 aromatic rings. The van der Waals surface area contributed by atoms with Crippen LogP contribution in [0.4, 0.5) is 8.78 Å². The molecule has 0 bridgehead atoms. The topological polar surface area (TPSA) is 64.3 Å². The third-order valence-corrected chi connectivity index (χ3v) is 2.36. The Labute approximate surface area is 104 Å². The number of rotatable bonds is 7. The number of hydrogen-bond donors (Lipinski definition) is 2. The predicted octanol–water partition coefficient (Wildman–Crippen LogP) is 1.81. The van der Waals surface area contributed by atoms with Gasteiger partial charge in [-0.3, -0.25) is 4.79 Å². The first-order chi connectivity index (χ1) is 8.52. The third-order valence-electron chi connectivity index (χ3n) is 2.36. The number of halogens is 2. The molecule has 1 amide bonds. The van der Waals surface area contributed by atoms with Crippen LogP contribution in [0.25, 0.3) is 0 Å². The quantitative estimate of drug-likeness (QED) is 0.784. The highest BCUT2D eigenvalue weighted by molar-refractivity contribution is 5.74. The molecule has 0 aliphatic heterocycles. The van der Waals surface area contributed by atoms with Gasteiger partial charge in [0, 0.05) is 12.5 Å². The van der Waals surface area contributed by atoms with E-state index in [2.05, 4.69) is 10.1 Å². The molecule has 3 N–H and O–H groups in total. The zero-order valence-electron chi connectivity index (χ0n) is 10.0. The second kappa shape index (κ2) is 6.90. The molecule has 0 aromatic heterocycles. The van der Waals surface area contributed by atoms with Gasteiger partial charge in [-0.25, -0.2) is 0 Å². The van der Waals surface area contributed by atoms with Gasteiger partial charge >= 0.3 is 6.61 Å². The molecule has 0 aliphatic carbocycles. The Hall–Kier alpha value is -1.69. The van der Waals surface area contributed by atoms with E-state index in [9.17, 15) is 13.6 Å². The normalized spacial score (nSPS) is 12.4. The zero-order valence-corrected chi connectivity index (χ0v) is 10.0. The third kappa shape index (κ3) is 4.67. The van der Waals surface area contributed by atoms with Crippen LogP contribution in [0.5, 0.6) is 5.75 Å². The first kappa shape index (κ1) is 14.4. The Kier molecular flexibility index (Phi) is 5.51. The van der Waals surface area contributed by atoms with E-state index >= 15 is 0 Å². The van der Waals surface area contributed by atoms with Crippen LogP contribution in [0.3, 0.4) is 0 Å². The smallest absolute Gasteiger partial charge is 0.387 e. The molecule has 1 rings (SSSR count). The second-order valence-corrected chi connectivity index (χ2v) is 3.73. The van der Waals surface area contributed by atoms with Crippen molar-refractivity contribution >= 4 is 5.91 Å². The van der Waals surface area contributed by atoms with E-state index in [1.54, 1.807) is 12.1 Å². The van der Waals surface area contributed by atoms with Gasteiger partial charge in [-0.1, -0.05) is 19.1 Å². The molecule has 0 heterocycles. The summed E-state index contributed by atoms with van der Waals surface area (Å²) >= 11 is 0. The summed E-state index contributed by atoms with van der Waals surface area (Å²) in [7, 11) is 0. The molecule has 100 valence electrons. The van der Waals surface area contributed by atoms with Gasteiger partial charge in [0.25, 0.3) is 0 Å². The lowest BCUT2D eigenvalue weighted by atomic mass is 10.0. The molecule has 1 unspecified atom stereocenters. The summed E-state index contributed by atoms with van der Waals surface area (Å²) in [6, 6.07) is 5.93. The van der Waals surface area contributed by atoms with E-state index in [-0.39, 0.29) is 18.2 Å². The molecule has 0 aliphatic rings. The molecular weight excluding hydrogens is 242 g/mol. The fourth-order valence-electron chi connectivity index (χ4n) is 1.64. The minimum Gasteiger partial charge on any atom is -0.435 e. The molecule has 4 nitrogen and oxygen atoms in total. The predicted molar refractivity (Wildman–Crippen MR) is 63.3 cm³/mol. The maximum absolute atomic E-state index is 12.0. The van der Waals surface area contributed by atoms with E-state index in [1.807, 2.05) is 6.92 Å². The minimum atomic E-state index is -2.84. The maximum Gasteiger partial charge on any atom is 0.387 e. The Morgan fingerprint density at radius 1 is 1.39 bits per heavy atom. The zero-order chi connectivity index (χ0) is 13.5. The van der Waals surface area contributed by atoms with Crippen LogP contribution in [-0.4, -0.2) is 19.1 Å². The Balaban J connectivity index is 2.76. The highest BCUT2D eigenvalue weighted by atomic mass is 19.3. The van der Waals surface area contributed by atoms with E-state index in [4.69, 9.17) is 5.73 Å². The van der Waals surface area contributed by atoms with Crippen LogP contribution < -0.4 is 15.8 Å². The molecule has 6 heteroatoms. The molecule has 0 saturated carbocycles. The Bertz CT molecular complexity index is 382. The SMILES string of the molecule is CCNC(CC(N)=O)c1ccc(OC(F)F)cc1. The Morgan fingerprint density at radius 3 is 2.44 bits per heavy atom. The molecule has 0 saturated heterocycles. The van der Waals surface area contributed by atoms with Crippen molar-refractivity contribution in [2.45, 2.75) is 26.0 Å². The average Bonchev–Trinajstić information content (AvgIpc) is 2.28. The second-order valence-electron chi connectivity index (χ2n) is 3.73. The lowest BCUT2D eigenvalue weighted by molar-refractivity contribution is -0.118. The lowest BCUT2D eigenvalue weighted by Gasteiger charge is -2.17. The summed E-state index contributed by atoms with van der Waals surface area (Å²) in [5.74, 6) is -0.336.